The predicted octanol–water partition coefficient (Wildman–Crippen LogP) is 0.259. The molecule has 2 N–H and O–H groups in total. The lowest BCUT2D eigenvalue weighted by molar-refractivity contribution is -0.140. The van der Waals surface area contributed by atoms with Gasteiger partial charge < -0.3 is 4.74 Å². The molecule has 0 fully saturated rings. The largest absolute Gasteiger partial charge is 0.463 e. The first-order valence-corrected chi connectivity index (χ1v) is 5.53. The molecule has 6 nitrogen and oxygen atoms in total. The first-order valence-electron chi connectivity index (χ1n) is 4.65. The number of guanidine groups is 1. The summed E-state index contributed by atoms with van der Waals surface area (Å²) in [5, 5.41) is 11.5. The van der Waals surface area contributed by atoms with Gasteiger partial charge in [0, 0.05) is 0 Å². The highest BCUT2D eigenvalue weighted by atomic mass is 32.2. The molecule has 0 spiro atoms. The number of nitrogens with zero attached hydrogens (tertiary/aromatic N) is 1. The van der Waals surface area contributed by atoms with Crippen LogP contribution in [0.15, 0.2) is 16.0 Å². The summed E-state index contributed by atoms with van der Waals surface area (Å²) >= 11 is 1.18. The smallest absolute Gasteiger partial charge is 0.335 e. The number of nitrogens with one attached hydrogen (secondary N) is 2. The topological polar surface area (TPSA) is 91.6 Å². The Bertz CT molecular complexity index is 441. The zero-order valence-corrected chi connectivity index (χ0v) is 9.26. The summed E-state index contributed by atoms with van der Waals surface area (Å²) in [6.07, 6.45) is 0. The molecule has 0 aliphatic carbocycles. The van der Waals surface area contributed by atoms with Crippen LogP contribution in [-0.4, -0.2) is 29.5 Å². The van der Waals surface area contributed by atoms with Gasteiger partial charge in [0.05, 0.1) is 17.2 Å². The predicted molar refractivity (Wildman–Crippen MR) is 59.1 cm³/mol. The Morgan fingerprint density at radius 1 is 1.75 bits per heavy atom. The number of ether oxygens (including phenoxy) is 1. The normalized spacial score (nSPS) is 23.2. The molecule has 0 saturated carbocycles. The number of carbonyl (C=O) groups is 2. The third-order valence-electron chi connectivity index (χ3n) is 2.10. The van der Waals surface area contributed by atoms with Crippen molar-refractivity contribution in [2.45, 2.75) is 6.92 Å². The minimum Gasteiger partial charge on any atom is -0.463 e. The summed E-state index contributed by atoms with van der Waals surface area (Å²) in [4.78, 5) is 27.0. The summed E-state index contributed by atoms with van der Waals surface area (Å²) in [6.45, 7) is 1.96. The minimum atomic E-state index is -0.710. The monoisotopic (exact) mass is 239 g/mol. The third-order valence-corrected chi connectivity index (χ3v) is 3.04. The number of carbonyl (C=O) groups excluding carboxylic acids is 2. The van der Waals surface area contributed by atoms with E-state index in [1.807, 2.05) is 0 Å². The summed E-state index contributed by atoms with van der Waals surface area (Å²) < 4.78 is 4.84. The Morgan fingerprint density at radius 3 is 3.19 bits per heavy atom. The van der Waals surface area contributed by atoms with Crippen molar-refractivity contribution in [3.63, 3.8) is 0 Å². The molecule has 1 unspecified atom stereocenters. The molecule has 2 aliphatic rings. The number of amides is 1. The molecule has 84 valence electrons. The van der Waals surface area contributed by atoms with E-state index in [0.717, 1.165) is 0 Å². The Kier molecular flexibility index (Phi) is 2.78. The maximum atomic E-state index is 11.6. The zero-order valence-electron chi connectivity index (χ0n) is 8.44. The van der Waals surface area contributed by atoms with Gasteiger partial charge in [-0.15, -0.1) is 0 Å². The number of esters is 1. The van der Waals surface area contributed by atoms with E-state index in [0.29, 0.717) is 5.04 Å². The van der Waals surface area contributed by atoms with Gasteiger partial charge in [-0.2, -0.15) is 0 Å². The molecular weight excluding hydrogens is 230 g/mol. The highest BCUT2D eigenvalue weighted by molar-refractivity contribution is 8.17. The lowest BCUT2D eigenvalue weighted by Gasteiger charge is -2.18. The van der Waals surface area contributed by atoms with Crippen LogP contribution in [0.1, 0.15) is 6.92 Å². The fraction of sp³-hybridized carbons (Fsp3) is 0.333. The average molecular weight is 239 g/mol. The highest BCUT2D eigenvalue weighted by Gasteiger charge is 2.40. The van der Waals surface area contributed by atoms with Crippen LogP contribution >= 0.6 is 11.8 Å². The number of hydrogen-bond donors (Lipinski definition) is 2. The first kappa shape index (κ1) is 10.9. The van der Waals surface area contributed by atoms with Crippen molar-refractivity contribution in [3.8, 4) is 0 Å². The Balaban J connectivity index is 2.26. The fourth-order valence-corrected chi connectivity index (χ4v) is 2.44. The van der Waals surface area contributed by atoms with Gasteiger partial charge in [0.2, 0.25) is 11.9 Å². The van der Waals surface area contributed by atoms with Crippen molar-refractivity contribution in [2.24, 2.45) is 10.9 Å². The van der Waals surface area contributed by atoms with Gasteiger partial charge in [-0.1, -0.05) is 11.8 Å². The van der Waals surface area contributed by atoms with E-state index in [4.69, 9.17) is 10.1 Å². The summed E-state index contributed by atoms with van der Waals surface area (Å²) in [5.41, 5.74) is 0.288. The molecule has 0 aromatic carbocycles. The van der Waals surface area contributed by atoms with E-state index in [1.54, 1.807) is 12.3 Å². The quantitative estimate of drug-likeness (QED) is 0.676. The Hall–Kier alpha value is -1.63. The number of hydrogen-bond acceptors (Lipinski definition) is 5. The second-order valence-corrected chi connectivity index (χ2v) is 4.02. The number of rotatable bonds is 2. The van der Waals surface area contributed by atoms with Crippen molar-refractivity contribution in [3.05, 3.63) is 11.0 Å². The molecule has 2 rings (SSSR count). The Morgan fingerprint density at radius 2 is 2.50 bits per heavy atom. The van der Waals surface area contributed by atoms with Crippen molar-refractivity contribution in [1.82, 2.24) is 5.32 Å². The Labute approximate surface area is 95.6 Å². The van der Waals surface area contributed by atoms with E-state index in [-0.39, 0.29) is 18.1 Å². The van der Waals surface area contributed by atoms with Crippen molar-refractivity contribution >= 4 is 34.6 Å². The van der Waals surface area contributed by atoms with E-state index in [9.17, 15) is 9.59 Å². The lowest BCUT2D eigenvalue weighted by atomic mass is 10.00. The number of thioether (sulfide) groups is 1. The van der Waals surface area contributed by atoms with Gasteiger partial charge in [0.1, 0.15) is 5.92 Å². The van der Waals surface area contributed by atoms with E-state index >= 15 is 0 Å². The van der Waals surface area contributed by atoms with Crippen LogP contribution in [0, 0.1) is 11.3 Å². The third kappa shape index (κ3) is 1.73. The van der Waals surface area contributed by atoms with Gasteiger partial charge >= 0.3 is 5.97 Å². The summed E-state index contributed by atoms with van der Waals surface area (Å²) in [7, 11) is 0. The van der Waals surface area contributed by atoms with Crippen LogP contribution in [-0.2, 0) is 14.3 Å². The van der Waals surface area contributed by atoms with Gasteiger partial charge in [-0.3, -0.25) is 15.5 Å². The van der Waals surface area contributed by atoms with Crippen LogP contribution in [0.3, 0.4) is 0 Å². The second-order valence-electron chi connectivity index (χ2n) is 3.13. The molecule has 0 aromatic heterocycles. The molecule has 0 saturated heterocycles. The number of fused-ring (bicyclic) bond motifs is 1. The van der Waals surface area contributed by atoms with Crippen LogP contribution in [0.2, 0.25) is 0 Å². The fourth-order valence-electron chi connectivity index (χ4n) is 1.44. The molecule has 0 radical (unpaired) electrons. The molecule has 16 heavy (non-hydrogen) atoms. The lowest BCUT2D eigenvalue weighted by Crippen LogP contribution is -2.43. The van der Waals surface area contributed by atoms with Crippen LogP contribution in [0.25, 0.3) is 0 Å². The number of aliphatic imine (C=N–C) groups is 1. The summed E-state index contributed by atoms with van der Waals surface area (Å²) in [6, 6.07) is 0. The maximum absolute atomic E-state index is 11.6. The van der Waals surface area contributed by atoms with Gasteiger partial charge in [0.15, 0.2) is 0 Å². The highest BCUT2D eigenvalue weighted by Crippen LogP contribution is 2.33. The molecular formula is C9H9N3O3S. The van der Waals surface area contributed by atoms with E-state index < -0.39 is 17.8 Å². The van der Waals surface area contributed by atoms with Gasteiger partial charge in [-0.25, -0.2) is 9.79 Å². The molecule has 2 aliphatic heterocycles. The van der Waals surface area contributed by atoms with Gasteiger partial charge in [-0.05, 0) is 12.3 Å². The van der Waals surface area contributed by atoms with Crippen molar-refractivity contribution < 1.29 is 14.3 Å². The SMILES string of the molecule is CCOC(=O)C1=CSC2=NC(=N)NC(=O)C12. The molecule has 1 amide bonds. The standard InChI is InChI=1S/C9H9N3O3S/c1-2-15-8(14)4-3-16-7-5(4)6(13)11-9(10)12-7/h3,5H,2H2,1H3,(H2,10,11,13). The van der Waals surface area contributed by atoms with E-state index in [2.05, 4.69) is 10.3 Å². The van der Waals surface area contributed by atoms with Crippen molar-refractivity contribution in [2.75, 3.05) is 6.61 Å². The molecule has 0 bridgehead atoms. The molecule has 7 heteroatoms. The summed E-state index contributed by atoms with van der Waals surface area (Å²) in [5.74, 6) is -1.81. The minimum absolute atomic E-state index is 0.192. The van der Waals surface area contributed by atoms with Crippen molar-refractivity contribution in [1.29, 1.82) is 5.41 Å². The zero-order chi connectivity index (χ0) is 11.7. The second kappa shape index (κ2) is 4.09. The van der Waals surface area contributed by atoms with Gasteiger partial charge in [0.25, 0.3) is 0 Å². The molecule has 1 atom stereocenters. The van der Waals surface area contributed by atoms with Crippen LogP contribution < -0.4 is 5.32 Å². The van der Waals surface area contributed by atoms with Crippen LogP contribution in [0.4, 0.5) is 0 Å². The average Bonchev–Trinajstić information content (AvgIpc) is 2.61. The molecule has 2 heterocycles. The maximum Gasteiger partial charge on any atom is 0.335 e. The first-order chi connectivity index (χ1) is 7.63. The van der Waals surface area contributed by atoms with Crippen LogP contribution in [0.5, 0.6) is 0 Å². The molecule has 0 aromatic rings. The van der Waals surface area contributed by atoms with E-state index in [1.165, 1.54) is 11.8 Å².